The number of nitrogens with one attached hydrogen (secondary N) is 3. The summed E-state index contributed by atoms with van der Waals surface area (Å²) >= 11 is 7.41. The van der Waals surface area contributed by atoms with E-state index in [0.717, 1.165) is 11.1 Å². The zero-order valence-electron chi connectivity index (χ0n) is 25.6. The molecule has 0 saturated carbocycles. The molecule has 0 aliphatic heterocycles. The average Bonchev–Trinajstić information content (AvgIpc) is 3.10. The number of carboxylic acids is 1. The van der Waals surface area contributed by atoms with Gasteiger partial charge in [0.15, 0.2) is 0 Å². The Morgan fingerprint density at radius 2 is 1.40 bits per heavy atom. The molecular weight excluding hydrogens is 646 g/mol. The van der Waals surface area contributed by atoms with Crippen molar-refractivity contribution in [1.82, 2.24) is 5.32 Å². The highest BCUT2D eigenvalue weighted by Gasteiger charge is 2.19. The maximum absolute atomic E-state index is 13.6. The molecule has 8 nitrogen and oxygen atoms in total. The van der Waals surface area contributed by atoms with Crippen LogP contribution in [0.4, 0.5) is 11.4 Å². The molecule has 0 bridgehead atoms. The number of aromatic carboxylic acids is 1. The Labute approximate surface area is 286 Å². The highest BCUT2D eigenvalue weighted by molar-refractivity contribution is 8.00. The lowest BCUT2D eigenvalue weighted by atomic mass is 10.0. The summed E-state index contributed by atoms with van der Waals surface area (Å²) in [5, 5.41) is 17.2. The second-order valence-corrected chi connectivity index (χ2v) is 12.4. The third kappa shape index (κ3) is 9.00. The first-order valence-electron chi connectivity index (χ1n) is 14.8. The minimum atomic E-state index is -1.14. The largest absolute Gasteiger partial charge is 0.478 e. The van der Waals surface area contributed by atoms with Gasteiger partial charge in [-0.05, 0) is 78.2 Å². The van der Waals surface area contributed by atoms with Crippen LogP contribution in [-0.2, 0) is 9.59 Å². The molecule has 1 atom stereocenters. The lowest BCUT2D eigenvalue weighted by Crippen LogP contribution is -2.30. The van der Waals surface area contributed by atoms with Crippen molar-refractivity contribution in [1.29, 1.82) is 0 Å². The summed E-state index contributed by atoms with van der Waals surface area (Å²) in [7, 11) is 0. The molecule has 0 aliphatic carbocycles. The summed E-state index contributed by atoms with van der Waals surface area (Å²) in [6.45, 7) is 1.70. The second kappa shape index (κ2) is 15.8. The molecule has 5 rings (SSSR count). The van der Waals surface area contributed by atoms with Crippen molar-refractivity contribution in [2.75, 3.05) is 10.6 Å². The van der Waals surface area contributed by atoms with E-state index < -0.39 is 23.0 Å². The fourth-order valence-electron chi connectivity index (χ4n) is 4.60. The monoisotopic (exact) mass is 675 g/mol. The van der Waals surface area contributed by atoms with E-state index in [1.54, 1.807) is 67.6 Å². The first-order valence-corrected chi connectivity index (χ1v) is 16.1. The van der Waals surface area contributed by atoms with Crippen LogP contribution in [0.1, 0.15) is 33.2 Å². The lowest BCUT2D eigenvalue weighted by Gasteiger charge is -2.15. The van der Waals surface area contributed by atoms with Gasteiger partial charge in [0.25, 0.3) is 11.8 Å². The Kier molecular flexibility index (Phi) is 11.1. The summed E-state index contributed by atoms with van der Waals surface area (Å²) in [5.74, 6) is -2.49. The van der Waals surface area contributed by atoms with Crippen LogP contribution in [0.15, 0.2) is 138 Å². The number of amides is 3. The number of rotatable bonds is 11. The van der Waals surface area contributed by atoms with Gasteiger partial charge in [-0.1, -0.05) is 90.5 Å². The molecule has 240 valence electrons. The zero-order valence-corrected chi connectivity index (χ0v) is 27.2. The average molecular weight is 676 g/mol. The lowest BCUT2D eigenvalue weighted by molar-refractivity contribution is -0.115. The Balaban J connectivity index is 1.31. The number of carbonyl (C=O) groups excluding carboxylic acids is 3. The fraction of sp³-hybridized carbons (Fsp3) is 0.0526. The molecule has 0 radical (unpaired) electrons. The normalized spacial score (nSPS) is 11.7. The van der Waals surface area contributed by atoms with E-state index in [1.807, 2.05) is 54.6 Å². The Bertz CT molecular complexity index is 1980. The molecule has 0 saturated heterocycles. The first-order chi connectivity index (χ1) is 23.2. The summed E-state index contributed by atoms with van der Waals surface area (Å²) in [4.78, 5) is 51.6. The van der Waals surface area contributed by atoms with Crippen molar-refractivity contribution in [3.63, 3.8) is 0 Å². The molecular formula is C38H30ClN3O5S. The number of carbonyl (C=O) groups is 4. The molecule has 1 unspecified atom stereocenters. The molecule has 5 aromatic carbocycles. The van der Waals surface area contributed by atoms with Gasteiger partial charge in [0.2, 0.25) is 5.91 Å². The second-order valence-electron chi connectivity index (χ2n) is 10.6. The number of hydrogen-bond acceptors (Lipinski definition) is 5. The van der Waals surface area contributed by atoms with Gasteiger partial charge in [0, 0.05) is 16.1 Å². The zero-order chi connectivity index (χ0) is 34.0. The van der Waals surface area contributed by atoms with Crippen molar-refractivity contribution < 1.29 is 24.3 Å². The van der Waals surface area contributed by atoms with Crippen LogP contribution in [0, 0.1) is 0 Å². The van der Waals surface area contributed by atoms with Crippen molar-refractivity contribution in [2.24, 2.45) is 0 Å². The number of carboxylic acid groups (broad SMARTS) is 1. The van der Waals surface area contributed by atoms with E-state index in [-0.39, 0.29) is 27.9 Å². The third-order valence-corrected chi connectivity index (χ3v) is 8.53. The highest BCUT2D eigenvalue weighted by Crippen LogP contribution is 2.29. The predicted octanol–water partition coefficient (Wildman–Crippen LogP) is 8.23. The van der Waals surface area contributed by atoms with E-state index in [9.17, 15) is 24.3 Å². The third-order valence-electron chi connectivity index (χ3n) is 7.10. The molecule has 4 N–H and O–H groups in total. The van der Waals surface area contributed by atoms with Gasteiger partial charge in [0.05, 0.1) is 21.5 Å². The molecule has 0 spiro atoms. The van der Waals surface area contributed by atoms with Crippen molar-refractivity contribution in [2.45, 2.75) is 17.1 Å². The van der Waals surface area contributed by atoms with Gasteiger partial charge in [0.1, 0.15) is 5.70 Å². The van der Waals surface area contributed by atoms with Crippen molar-refractivity contribution in [3.05, 3.63) is 155 Å². The SMILES string of the molecule is CC(Sc1cccc(NC(=O)/C(=C\c2ccc(-c3ccccc3)cc2)NC(=O)c2ccccc2)c1)C(=O)Nc1cc(C(=O)O)ccc1Cl. The van der Waals surface area contributed by atoms with Crippen molar-refractivity contribution >= 4 is 64.5 Å². The minimum Gasteiger partial charge on any atom is -0.478 e. The number of hydrogen-bond donors (Lipinski definition) is 4. The van der Waals surface area contributed by atoms with Crippen LogP contribution in [0.3, 0.4) is 0 Å². The van der Waals surface area contributed by atoms with Gasteiger partial charge in [-0.2, -0.15) is 0 Å². The fourth-order valence-corrected chi connectivity index (χ4v) is 5.69. The summed E-state index contributed by atoms with van der Waals surface area (Å²) in [5.41, 5.74) is 3.88. The smallest absolute Gasteiger partial charge is 0.335 e. The van der Waals surface area contributed by atoms with Gasteiger partial charge in [-0.15, -0.1) is 11.8 Å². The molecule has 3 amide bonds. The van der Waals surface area contributed by atoms with Gasteiger partial charge in [-0.25, -0.2) is 4.79 Å². The molecule has 5 aromatic rings. The quantitative estimate of drug-likeness (QED) is 0.0826. The summed E-state index contributed by atoms with van der Waals surface area (Å²) < 4.78 is 0. The molecule has 0 aromatic heterocycles. The first kappa shape index (κ1) is 33.7. The van der Waals surface area contributed by atoms with Crippen molar-refractivity contribution in [3.8, 4) is 11.1 Å². The molecule has 0 aliphatic rings. The maximum Gasteiger partial charge on any atom is 0.335 e. The Morgan fingerprint density at radius 1 is 0.729 bits per heavy atom. The number of halogens is 1. The van der Waals surface area contributed by atoms with Crippen LogP contribution in [0.2, 0.25) is 5.02 Å². The summed E-state index contributed by atoms with van der Waals surface area (Å²) in [6, 6.07) is 37.2. The van der Waals surface area contributed by atoms with Gasteiger partial charge < -0.3 is 21.1 Å². The van der Waals surface area contributed by atoms with Crippen LogP contribution in [0.5, 0.6) is 0 Å². The maximum atomic E-state index is 13.6. The minimum absolute atomic E-state index is 0.00368. The van der Waals surface area contributed by atoms with Crippen LogP contribution >= 0.6 is 23.4 Å². The van der Waals surface area contributed by atoms with E-state index in [1.165, 1.54) is 30.0 Å². The summed E-state index contributed by atoms with van der Waals surface area (Å²) in [6.07, 6.45) is 1.61. The van der Waals surface area contributed by atoms with E-state index >= 15 is 0 Å². The molecule has 48 heavy (non-hydrogen) atoms. The topological polar surface area (TPSA) is 125 Å². The van der Waals surface area contributed by atoms with Gasteiger partial charge >= 0.3 is 5.97 Å². The van der Waals surface area contributed by atoms with Crippen LogP contribution in [-0.4, -0.2) is 34.0 Å². The molecule has 0 heterocycles. The van der Waals surface area contributed by atoms with E-state index in [2.05, 4.69) is 16.0 Å². The Hall–Kier alpha value is -5.64. The molecule has 0 fully saturated rings. The number of thioether (sulfide) groups is 1. The van der Waals surface area contributed by atoms with E-state index in [4.69, 9.17) is 11.6 Å². The van der Waals surface area contributed by atoms with Gasteiger partial charge in [-0.3, -0.25) is 14.4 Å². The van der Waals surface area contributed by atoms with E-state index in [0.29, 0.717) is 21.7 Å². The standard InChI is InChI=1S/C38H30ClN3O5S/c1-24(35(43)41-33-22-29(38(46)47)19-20-32(33)39)48-31-14-8-13-30(23-31)40-37(45)34(42-36(44)28-11-6-3-7-12-28)21-25-15-17-27(18-16-25)26-9-4-2-5-10-26/h2-24H,1H3,(H,40,45)(H,41,43)(H,42,44)(H,46,47)/b34-21+. The van der Waals surface area contributed by atoms with Crippen LogP contribution < -0.4 is 16.0 Å². The molecule has 10 heteroatoms. The Morgan fingerprint density at radius 3 is 2.08 bits per heavy atom. The number of benzene rings is 5. The predicted molar refractivity (Wildman–Crippen MR) is 191 cm³/mol. The highest BCUT2D eigenvalue weighted by atomic mass is 35.5. The number of anilines is 2. The van der Waals surface area contributed by atoms with Crippen LogP contribution in [0.25, 0.3) is 17.2 Å².